The van der Waals surface area contributed by atoms with Gasteiger partial charge >= 0.3 is 0 Å². The molecule has 0 bridgehead atoms. The van der Waals surface area contributed by atoms with Crippen LogP contribution in [-0.2, 0) is 4.79 Å². The molecule has 0 spiro atoms. The van der Waals surface area contributed by atoms with E-state index in [1.165, 1.54) is 0 Å². The van der Waals surface area contributed by atoms with E-state index in [-0.39, 0.29) is 28.5 Å². The number of Topliss-reactive ketones (excluding diaryl/α,β-unsaturated/α-hetero) is 1. The standard InChI is InChI=1S/C23H24N6O2/c1-10-4-5-13-11(6-10)7-12(21(31)27-13)16-17-14(8-23(2,3)9-15(17)30)26-20-18(16)19(24)28-22(25)29-20/h4-7,16H,8-9H2,1-3H3,(H,27,31)(H5,24,25,26,28,29). The molecule has 0 fully saturated rings. The van der Waals surface area contributed by atoms with Crippen molar-refractivity contribution < 1.29 is 4.79 Å². The van der Waals surface area contributed by atoms with E-state index in [9.17, 15) is 9.59 Å². The summed E-state index contributed by atoms with van der Waals surface area (Å²) in [5.41, 5.74) is 15.7. The summed E-state index contributed by atoms with van der Waals surface area (Å²) >= 11 is 0. The van der Waals surface area contributed by atoms with E-state index >= 15 is 0 Å². The fraction of sp³-hybridized carbons (Fsp3) is 0.304. The first kappa shape index (κ1) is 19.3. The summed E-state index contributed by atoms with van der Waals surface area (Å²) in [7, 11) is 0. The Morgan fingerprint density at radius 1 is 1.10 bits per heavy atom. The third-order valence-electron chi connectivity index (χ3n) is 6.10. The van der Waals surface area contributed by atoms with Gasteiger partial charge in [0, 0.05) is 34.3 Å². The Balaban J connectivity index is 1.83. The molecule has 1 atom stereocenters. The summed E-state index contributed by atoms with van der Waals surface area (Å²) < 4.78 is 0. The lowest BCUT2D eigenvalue weighted by Crippen LogP contribution is -2.36. The molecule has 2 aliphatic rings. The number of pyridine rings is 1. The molecule has 1 aliphatic carbocycles. The van der Waals surface area contributed by atoms with Crippen molar-refractivity contribution in [3.63, 3.8) is 0 Å². The molecule has 0 amide bonds. The van der Waals surface area contributed by atoms with Gasteiger partial charge in [-0.15, -0.1) is 0 Å². The molecule has 31 heavy (non-hydrogen) atoms. The van der Waals surface area contributed by atoms with Gasteiger partial charge in [-0.05, 0) is 42.3 Å². The number of nitrogens with zero attached hydrogens (tertiary/aromatic N) is 2. The Bertz CT molecular complexity index is 1370. The second-order valence-electron chi connectivity index (χ2n) is 9.27. The van der Waals surface area contributed by atoms with Crippen LogP contribution >= 0.6 is 0 Å². The van der Waals surface area contributed by atoms with Gasteiger partial charge in [0.05, 0.1) is 5.92 Å². The van der Waals surface area contributed by atoms with Gasteiger partial charge in [-0.2, -0.15) is 9.97 Å². The second kappa shape index (κ2) is 6.41. The third kappa shape index (κ3) is 3.06. The quantitative estimate of drug-likeness (QED) is 0.478. The smallest absolute Gasteiger partial charge is 0.252 e. The van der Waals surface area contributed by atoms with Crippen molar-refractivity contribution in [1.82, 2.24) is 15.0 Å². The first-order chi connectivity index (χ1) is 14.6. The molecule has 5 rings (SSSR count). The highest BCUT2D eigenvalue weighted by Gasteiger charge is 2.43. The summed E-state index contributed by atoms with van der Waals surface area (Å²) in [4.78, 5) is 37.9. The zero-order valence-electron chi connectivity index (χ0n) is 17.7. The highest BCUT2D eigenvalue weighted by atomic mass is 16.1. The number of aromatic nitrogens is 3. The van der Waals surface area contributed by atoms with Crippen molar-refractivity contribution in [2.45, 2.75) is 39.5 Å². The summed E-state index contributed by atoms with van der Waals surface area (Å²) in [6.45, 7) is 6.09. The third-order valence-corrected chi connectivity index (χ3v) is 6.10. The first-order valence-corrected chi connectivity index (χ1v) is 10.2. The molecule has 0 saturated carbocycles. The second-order valence-corrected chi connectivity index (χ2v) is 9.27. The van der Waals surface area contributed by atoms with E-state index in [1.807, 2.05) is 31.2 Å². The number of rotatable bonds is 1. The molecule has 3 heterocycles. The number of hydrogen-bond acceptors (Lipinski definition) is 7. The van der Waals surface area contributed by atoms with Crippen molar-refractivity contribution in [2.75, 3.05) is 16.8 Å². The number of hydrogen-bond donors (Lipinski definition) is 4. The van der Waals surface area contributed by atoms with Gasteiger partial charge in [0.1, 0.15) is 11.6 Å². The Hall–Kier alpha value is -3.68. The van der Waals surface area contributed by atoms with Crippen LogP contribution in [-0.4, -0.2) is 20.7 Å². The fourth-order valence-corrected chi connectivity index (χ4v) is 4.82. The lowest BCUT2D eigenvalue weighted by molar-refractivity contribution is -0.118. The molecule has 8 nitrogen and oxygen atoms in total. The monoisotopic (exact) mass is 416 g/mol. The SMILES string of the molecule is Cc1ccc2[nH]c(=O)c(C3C4=C(CC(C)(C)CC4=O)Nc4nc(N)nc(N)c43)cc2c1. The minimum Gasteiger partial charge on any atom is -0.383 e. The maximum absolute atomic E-state index is 13.3. The number of allylic oxidation sites excluding steroid dienone is 2. The van der Waals surface area contributed by atoms with Gasteiger partial charge in [-0.1, -0.05) is 25.5 Å². The number of nitrogens with one attached hydrogen (secondary N) is 2. The van der Waals surface area contributed by atoms with Gasteiger partial charge in [-0.25, -0.2) is 0 Å². The van der Waals surface area contributed by atoms with Crippen LogP contribution in [0.15, 0.2) is 40.3 Å². The minimum absolute atomic E-state index is 0.00522. The van der Waals surface area contributed by atoms with E-state index in [2.05, 4.69) is 34.1 Å². The average Bonchev–Trinajstić information content (AvgIpc) is 2.65. The van der Waals surface area contributed by atoms with Crippen molar-refractivity contribution in [3.8, 4) is 0 Å². The fourth-order valence-electron chi connectivity index (χ4n) is 4.82. The average molecular weight is 416 g/mol. The van der Waals surface area contributed by atoms with Crippen molar-refractivity contribution >= 4 is 34.3 Å². The molecule has 1 unspecified atom stereocenters. The zero-order chi connectivity index (χ0) is 22.1. The molecular formula is C23H24N6O2. The van der Waals surface area contributed by atoms with E-state index in [0.717, 1.165) is 22.2 Å². The van der Waals surface area contributed by atoms with E-state index in [4.69, 9.17) is 11.5 Å². The predicted octanol–water partition coefficient (Wildman–Crippen LogP) is 2.99. The number of nitrogens with two attached hydrogens (primary N) is 2. The Morgan fingerprint density at radius 3 is 2.65 bits per heavy atom. The van der Waals surface area contributed by atoms with E-state index < -0.39 is 5.92 Å². The zero-order valence-corrected chi connectivity index (χ0v) is 17.7. The van der Waals surface area contributed by atoms with E-state index in [0.29, 0.717) is 35.4 Å². The molecule has 0 radical (unpaired) electrons. The maximum atomic E-state index is 13.3. The van der Waals surface area contributed by atoms with Crippen LogP contribution < -0.4 is 22.3 Å². The summed E-state index contributed by atoms with van der Waals surface area (Å²) in [5.74, 6) is -0.0228. The number of carbonyl (C=O) groups excluding carboxylic acids is 1. The largest absolute Gasteiger partial charge is 0.383 e. The number of carbonyl (C=O) groups is 1. The van der Waals surface area contributed by atoms with Gasteiger partial charge in [0.2, 0.25) is 5.95 Å². The normalized spacial score (nSPS) is 19.7. The number of aryl methyl sites for hydroxylation is 1. The highest BCUT2D eigenvalue weighted by Crippen LogP contribution is 2.49. The van der Waals surface area contributed by atoms with Crippen LogP contribution in [0.1, 0.15) is 49.3 Å². The summed E-state index contributed by atoms with van der Waals surface area (Å²) in [6, 6.07) is 7.66. The number of H-pyrrole nitrogens is 1. The van der Waals surface area contributed by atoms with Crippen LogP contribution in [0.25, 0.3) is 10.9 Å². The van der Waals surface area contributed by atoms with Crippen LogP contribution in [0.2, 0.25) is 0 Å². The molecule has 8 heteroatoms. The molecule has 1 aliphatic heterocycles. The van der Waals surface area contributed by atoms with Gasteiger partial charge in [-0.3, -0.25) is 9.59 Å². The number of ketones is 1. The van der Waals surface area contributed by atoms with Crippen LogP contribution in [0, 0.1) is 12.3 Å². The van der Waals surface area contributed by atoms with Crippen molar-refractivity contribution in [2.24, 2.45) is 5.41 Å². The molecule has 1 aromatic carbocycles. The minimum atomic E-state index is -0.663. The molecule has 2 aromatic heterocycles. The molecule has 6 N–H and O–H groups in total. The van der Waals surface area contributed by atoms with E-state index in [1.54, 1.807) is 0 Å². The van der Waals surface area contributed by atoms with Crippen molar-refractivity contribution in [3.05, 3.63) is 62.6 Å². The number of nitrogen functional groups attached to an aromatic ring is 2. The molecule has 158 valence electrons. The maximum Gasteiger partial charge on any atom is 0.252 e. The van der Waals surface area contributed by atoms with Crippen molar-refractivity contribution in [1.29, 1.82) is 0 Å². The summed E-state index contributed by atoms with van der Waals surface area (Å²) in [6.07, 6.45) is 1.04. The van der Waals surface area contributed by atoms with Gasteiger partial charge < -0.3 is 21.8 Å². The number of anilines is 3. The number of fused-ring (bicyclic) bond motifs is 2. The number of aromatic amines is 1. The van der Waals surface area contributed by atoms with Gasteiger partial charge in [0.25, 0.3) is 5.56 Å². The van der Waals surface area contributed by atoms with Crippen LogP contribution in [0.4, 0.5) is 17.6 Å². The molecule has 3 aromatic rings. The van der Waals surface area contributed by atoms with Crippen LogP contribution in [0.5, 0.6) is 0 Å². The lowest BCUT2D eigenvalue weighted by Gasteiger charge is -2.38. The number of benzene rings is 1. The Morgan fingerprint density at radius 2 is 1.87 bits per heavy atom. The molecular weight excluding hydrogens is 392 g/mol. The van der Waals surface area contributed by atoms with Crippen LogP contribution in [0.3, 0.4) is 0 Å². The topological polar surface area (TPSA) is 140 Å². The molecule has 0 saturated heterocycles. The Labute approximate surface area is 178 Å². The predicted molar refractivity (Wildman–Crippen MR) is 121 cm³/mol. The summed E-state index contributed by atoms with van der Waals surface area (Å²) in [5, 5.41) is 4.15. The van der Waals surface area contributed by atoms with Gasteiger partial charge in [0.15, 0.2) is 5.78 Å². The lowest BCUT2D eigenvalue weighted by atomic mass is 9.69. The highest BCUT2D eigenvalue weighted by molar-refractivity contribution is 6.02. The first-order valence-electron chi connectivity index (χ1n) is 10.2. The Kier molecular flexibility index (Phi) is 3.99.